The first-order chi connectivity index (χ1) is 11.7. The molecule has 0 aliphatic heterocycles. The quantitative estimate of drug-likeness (QED) is 0.826. The monoisotopic (exact) mass is 348 g/mol. The number of amides is 1. The highest BCUT2D eigenvalue weighted by Gasteiger charge is 2.27. The van der Waals surface area contributed by atoms with Crippen molar-refractivity contribution in [2.75, 3.05) is 6.54 Å². The molecule has 1 aromatic carbocycles. The van der Waals surface area contributed by atoms with Gasteiger partial charge in [0.1, 0.15) is 17.6 Å². The van der Waals surface area contributed by atoms with E-state index < -0.39 is 0 Å². The standard InChI is InChI=1S/C18H25FN4O2/c1-6-23(18(3,4)5)17(24)25-13(2)11-22-12-16(20-21-22)14-7-9-15(19)10-8-14/h7-10,12-13H,6,11H2,1-5H3/t13-/m0/s1. The van der Waals surface area contributed by atoms with Crippen molar-refractivity contribution < 1.29 is 13.9 Å². The van der Waals surface area contributed by atoms with E-state index in [0.717, 1.165) is 5.56 Å². The fraction of sp³-hybridized carbons (Fsp3) is 0.500. The third-order valence-corrected chi connectivity index (χ3v) is 3.77. The maximum absolute atomic E-state index is 13.0. The zero-order valence-electron chi connectivity index (χ0n) is 15.4. The van der Waals surface area contributed by atoms with Gasteiger partial charge in [0.2, 0.25) is 0 Å². The Morgan fingerprint density at radius 1 is 1.32 bits per heavy atom. The zero-order chi connectivity index (χ0) is 18.6. The molecule has 0 radical (unpaired) electrons. The van der Waals surface area contributed by atoms with Crippen LogP contribution in [0.15, 0.2) is 30.5 Å². The molecule has 0 saturated carbocycles. The van der Waals surface area contributed by atoms with Crippen LogP contribution >= 0.6 is 0 Å². The Labute approximate surface area is 147 Å². The highest BCUT2D eigenvalue weighted by atomic mass is 19.1. The Bertz CT molecular complexity index is 707. The van der Waals surface area contributed by atoms with Crippen LogP contribution in [0.3, 0.4) is 0 Å². The Morgan fingerprint density at radius 3 is 2.52 bits per heavy atom. The Kier molecular flexibility index (Phi) is 5.77. The van der Waals surface area contributed by atoms with Gasteiger partial charge in [-0.15, -0.1) is 5.10 Å². The van der Waals surface area contributed by atoms with Gasteiger partial charge < -0.3 is 9.64 Å². The third-order valence-electron chi connectivity index (χ3n) is 3.77. The topological polar surface area (TPSA) is 60.2 Å². The van der Waals surface area contributed by atoms with Crippen LogP contribution in [0, 0.1) is 5.82 Å². The number of aromatic nitrogens is 3. The molecular weight excluding hydrogens is 323 g/mol. The van der Waals surface area contributed by atoms with Crippen LogP contribution in [-0.4, -0.2) is 44.2 Å². The lowest BCUT2D eigenvalue weighted by molar-refractivity contribution is 0.0384. The van der Waals surface area contributed by atoms with Crippen LogP contribution in [0.1, 0.15) is 34.6 Å². The average molecular weight is 348 g/mol. The van der Waals surface area contributed by atoms with Crippen molar-refractivity contribution in [1.82, 2.24) is 19.9 Å². The number of ether oxygens (including phenoxy) is 1. The average Bonchev–Trinajstić information content (AvgIpc) is 2.95. The number of carbonyl (C=O) groups excluding carboxylic acids is 1. The first-order valence-electron chi connectivity index (χ1n) is 8.35. The van der Waals surface area contributed by atoms with Gasteiger partial charge in [-0.05, 0) is 58.9 Å². The molecule has 0 fully saturated rings. The van der Waals surface area contributed by atoms with Gasteiger partial charge in [0.25, 0.3) is 0 Å². The van der Waals surface area contributed by atoms with Gasteiger partial charge >= 0.3 is 6.09 Å². The fourth-order valence-corrected chi connectivity index (χ4v) is 2.55. The minimum atomic E-state index is -0.355. The lowest BCUT2D eigenvalue weighted by atomic mass is 10.1. The van der Waals surface area contributed by atoms with E-state index in [4.69, 9.17) is 4.74 Å². The van der Waals surface area contributed by atoms with Crippen LogP contribution in [-0.2, 0) is 11.3 Å². The SMILES string of the molecule is CCN(C(=O)O[C@@H](C)Cn1cc(-c2ccc(F)cc2)nn1)C(C)(C)C. The molecule has 25 heavy (non-hydrogen) atoms. The Hall–Kier alpha value is -2.44. The van der Waals surface area contributed by atoms with E-state index in [-0.39, 0.29) is 23.6 Å². The van der Waals surface area contributed by atoms with E-state index in [0.29, 0.717) is 18.8 Å². The first kappa shape index (κ1) is 18.9. The third kappa shape index (κ3) is 5.01. The molecule has 1 aromatic heterocycles. The lowest BCUT2D eigenvalue weighted by Crippen LogP contribution is -2.46. The van der Waals surface area contributed by atoms with Crippen LogP contribution in [0.5, 0.6) is 0 Å². The number of carbonyl (C=O) groups is 1. The van der Waals surface area contributed by atoms with Gasteiger partial charge in [-0.25, -0.2) is 13.9 Å². The van der Waals surface area contributed by atoms with Crippen LogP contribution in [0.25, 0.3) is 11.3 Å². The van der Waals surface area contributed by atoms with E-state index in [1.807, 2.05) is 34.6 Å². The number of halogens is 1. The van der Waals surface area contributed by atoms with Gasteiger partial charge in [0.05, 0.1) is 12.7 Å². The summed E-state index contributed by atoms with van der Waals surface area (Å²) in [5.41, 5.74) is 1.12. The number of hydrogen-bond donors (Lipinski definition) is 0. The van der Waals surface area contributed by atoms with Crippen molar-refractivity contribution in [3.05, 3.63) is 36.3 Å². The summed E-state index contributed by atoms with van der Waals surface area (Å²) in [4.78, 5) is 14.0. The van der Waals surface area contributed by atoms with Gasteiger partial charge in [-0.1, -0.05) is 5.21 Å². The molecule has 1 atom stereocenters. The molecule has 6 nitrogen and oxygen atoms in total. The summed E-state index contributed by atoms with van der Waals surface area (Å²) < 4.78 is 20.1. The molecule has 0 unspecified atom stereocenters. The van der Waals surface area contributed by atoms with Crippen molar-refractivity contribution in [3.8, 4) is 11.3 Å². The van der Waals surface area contributed by atoms with Gasteiger partial charge in [-0.2, -0.15) is 0 Å². The molecule has 0 N–H and O–H groups in total. The summed E-state index contributed by atoms with van der Waals surface area (Å²) in [7, 11) is 0. The normalized spacial score (nSPS) is 12.7. The van der Waals surface area contributed by atoms with Gasteiger partial charge in [0.15, 0.2) is 0 Å². The first-order valence-corrected chi connectivity index (χ1v) is 8.35. The van der Waals surface area contributed by atoms with E-state index in [1.54, 1.807) is 27.9 Å². The molecule has 136 valence electrons. The summed E-state index contributed by atoms with van der Waals surface area (Å²) in [6.45, 7) is 10.6. The second kappa shape index (κ2) is 7.63. The summed E-state index contributed by atoms with van der Waals surface area (Å²) >= 11 is 0. The highest BCUT2D eigenvalue weighted by molar-refractivity contribution is 5.68. The molecule has 0 spiro atoms. The molecule has 2 rings (SSSR count). The maximum atomic E-state index is 13.0. The fourth-order valence-electron chi connectivity index (χ4n) is 2.55. The number of benzene rings is 1. The van der Waals surface area contributed by atoms with Crippen LogP contribution < -0.4 is 0 Å². The molecule has 0 aliphatic carbocycles. The highest BCUT2D eigenvalue weighted by Crippen LogP contribution is 2.17. The minimum absolute atomic E-state index is 0.295. The molecule has 1 heterocycles. The molecule has 1 amide bonds. The minimum Gasteiger partial charge on any atom is -0.444 e. The summed E-state index contributed by atoms with van der Waals surface area (Å²) in [6, 6.07) is 6.06. The van der Waals surface area contributed by atoms with Crippen LogP contribution in [0.4, 0.5) is 9.18 Å². The molecule has 7 heteroatoms. The predicted octanol–water partition coefficient (Wildman–Crippen LogP) is 3.73. The molecule has 0 bridgehead atoms. The molecule has 2 aromatic rings. The van der Waals surface area contributed by atoms with E-state index in [9.17, 15) is 9.18 Å². The van der Waals surface area contributed by atoms with Crippen molar-refractivity contribution in [2.45, 2.75) is 52.8 Å². The Balaban J connectivity index is 1.98. The number of rotatable bonds is 5. The summed E-state index contributed by atoms with van der Waals surface area (Å²) in [5.74, 6) is -0.295. The van der Waals surface area contributed by atoms with E-state index in [2.05, 4.69) is 10.3 Å². The smallest absolute Gasteiger partial charge is 0.410 e. The van der Waals surface area contributed by atoms with Gasteiger partial charge in [0, 0.05) is 17.6 Å². The summed E-state index contributed by atoms with van der Waals surface area (Å²) in [5, 5.41) is 8.12. The Morgan fingerprint density at radius 2 is 1.96 bits per heavy atom. The van der Waals surface area contributed by atoms with E-state index in [1.165, 1.54) is 12.1 Å². The van der Waals surface area contributed by atoms with Crippen molar-refractivity contribution in [1.29, 1.82) is 0 Å². The molecular formula is C18H25FN4O2. The summed E-state index contributed by atoms with van der Waals surface area (Å²) in [6.07, 6.45) is 1.05. The zero-order valence-corrected chi connectivity index (χ0v) is 15.4. The largest absolute Gasteiger partial charge is 0.444 e. The second-order valence-electron chi connectivity index (χ2n) is 6.94. The number of hydrogen-bond acceptors (Lipinski definition) is 4. The van der Waals surface area contributed by atoms with Gasteiger partial charge in [-0.3, -0.25) is 0 Å². The second-order valence-corrected chi connectivity index (χ2v) is 6.94. The van der Waals surface area contributed by atoms with Crippen molar-refractivity contribution in [2.24, 2.45) is 0 Å². The van der Waals surface area contributed by atoms with Crippen LogP contribution in [0.2, 0.25) is 0 Å². The predicted molar refractivity (Wildman–Crippen MR) is 93.5 cm³/mol. The number of nitrogens with zero attached hydrogens (tertiary/aromatic N) is 4. The van der Waals surface area contributed by atoms with E-state index >= 15 is 0 Å². The molecule has 0 saturated heterocycles. The molecule has 0 aliphatic rings. The maximum Gasteiger partial charge on any atom is 0.410 e. The van der Waals surface area contributed by atoms with Crippen molar-refractivity contribution in [3.63, 3.8) is 0 Å². The lowest BCUT2D eigenvalue weighted by Gasteiger charge is -2.34. The van der Waals surface area contributed by atoms with Crippen molar-refractivity contribution >= 4 is 6.09 Å².